The number of non-ortho nitro benzene ring substituents is 1. The lowest BCUT2D eigenvalue weighted by molar-refractivity contribution is -0.384. The summed E-state index contributed by atoms with van der Waals surface area (Å²) in [5, 5.41) is 50.9. The Balaban J connectivity index is 2.45. The van der Waals surface area contributed by atoms with Crippen molar-refractivity contribution < 1.29 is 67.8 Å². The zero-order chi connectivity index (χ0) is 31.1. The Labute approximate surface area is 240 Å². The number of hydrogen-bond donors (Lipinski definition) is 6. The number of aliphatic hydroxyl groups is 4. The second-order valence-corrected chi connectivity index (χ2v) is 11.0. The quantitative estimate of drug-likeness (QED) is 0.0437. The Bertz CT molecular complexity index is 1180. The molecule has 2 unspecified atom stereocenters. The molecule has 1 saturated heterocycles. The Morgan fingerprint density at radius 2 is 1.78 bits per heavy atom. The third kappa shape index (κ3) is 9.75. The first-order valence-electron chi connectivity index (χ1n) is 11.5. The van der Waals surface area contributed by atoms with E-state index in [1.165, 1.54) is 0 Å². The normalized spacial score (nSPS) is 20.7. The molecular formula is C21H25Cl2N2O15P. The number of hydrogen-bond acceptors (Lipinski definition) is 14. The predicted molar refractivity (Wildman–Crippen MR) is 134 cm³/mol. The molecule has 228 valence electrons. The van der Waals surface area contributed by atoms with E-state index in [1.807, 2.05) is 0 Å². The van der Waals surface area contributed by atoms with Gasteiger partial charge in [0.05, 0.1) is 18.0 Å². The number of alkyl halides is 2. The van der Waals surface area contributed by atoms with Gasteiger partial charge in [0.25, 0.3) is 11.6 Å². The number of esters is 1. The van der Waals surface area contributed by atoms with Crippen LogP contribution in [0.15, 0.2) is 24.3 Å². The highest BCUT2D eigenvalue weighted by atomic mass is 35.5. The number of nitro benzene ring substituents is 1. The Hall–Kier alpha value is -2.57. The minimum Gasteiger partial charge on any atom is -0.452 e. The number of ketones is 2. The molecule has 20 heteroatoms. The first-order valence-corrected chi connectivity index (χ1v) is 13.8. The standard InChI is InChI=1S/C21H25Cl2N2O15P/c22-20(23)21(33)24-15(19-11(27)5-6-14(30)39-19)18(9-1-3-10(4-2-9)25(34)35)40-41(36,37)38-8-13(29)17(32)16(31)12(28)7-26/h1-4,12,15-20,26,28,31-32H,5-8H2,(H,24,33)(H,36,37)/t12-,15-,16+,17+,18+,19?/m0/s1. The average Bonchev–Trinajstić information content (AvgIpc) is 2.93. The molecule has 0 spiro atoms. The van der Waals surface area contributed by atoms with Crippen LogP contribution in [0.3, 0.4) is 0 Å². The average molecular weight is 647 g/mol. The molecule has 0 aromatic heterocycles. The van der Waals surface area contributed by atoms with Gasteiger partial charge < -0.3 is 35.4 Å². The summed E-state index contributed by atoms with van der Waals surface area (Å²) in [6.07, 6.45) is -10.9. The van der Waals surface area contributed by atoms with Gasteiger partial charge in [-0.1, -0.05) is 23.2 Å². The zero-order valence-electron chi connectivity index (χ0n) is 20.6. The van der Waals surface area contributed by atoms with Crippen LogP contribution < -0.4 is 5.32 Å². The molecule has 0 radical (unpaired) electrons. The lowest BCUT2D eigenvalue weighted by Crippen LogP contribution is -2.55. The highest BCUT2D eigenvalue weighted by Crippen LogP contribution is 2.49. The molecular weight excluding hydrogens is 622 g/mol. The fourth-order valence-corrected chi connectivity index (χ4v) is 4.49. The number of cyclic esters (lactones) is 1. The van der Waals surface area contributed by atoms with Crippen molar-refractivity contribution in [1.29, 1.82) is 0 Å². The van der Waals surface area contributed by atoms with Crippen LogP contribution in [-0.2, 0) is 37.5 Å². The summed E-state index contributed by atoms with van der Waals surface area (Å²) in [5.41, 5.74) is -0.622. The van der Waals surface area contributed by atoms with Crippen LogP contribution in [0.4, 0.5) is 5.69 Å². The maximum Gasteiger partial charge on any atom is 0.473 e. The molecule has 17 nitrogen and oxygen atoms in total. The van der Waals surface area contributed by atoms with Gasteiger partial charge in [-0.15, -0.1) is 0 Å². The molecule has 0 aliphatic carbocycles. The number of benzene rings is 1. The second-order valence-electron chi connectivity index (χ2n) is 8.48. The number of amides is 1. The van der Waals surface area contributed by atoms with Gasteiger partial charge >= 0.3 is 13.8 Å². The number of halogens is 2. The second kappa shape index (κ2) is 15.1. The summed E-state index contributed by atoms with van der Waals surface area (Å²) in [5.74, 6) is -4.22. The monoisotopic (exact) mass is 646 g/mol. The van der Waals surface area contributed by atoms with Crippen molar-refractivity contribution in [1.82, 2.24) is 5.32 Å². The van der Waals surface area contributed by atoms with Crippen LogP contribution in [0.5, 0.6) is 0 Å². The zero-order valence-corrected chi connectivity index (χ0v) is 23.1. The lowest BCUT2D eigenvalue weighted by atomic mass is 9.92. The van der Waals surface area contributed by atoms with E-state index in [4.69, 9.17) is 37.6 Å². The van der Waals surface area contributed by atoms with Gasteiger partial charge in [-0.2, -0.15) is 0 Å². The van der Waals surface area contributed by atoms with E-state index in [-0.39, 0.29) is 18.4 Å². The summed E-state index contributed by atoms with van der Waals surface area (Å²) < 4.78 is 27.7. The van der Waals surface area contributed by atoms with Gasteiger partial charge in [0.15, 0.2) is 22.5 Å². The smallest absolute Gasteiger partial charge is 0.452 e. The van der Waals surface area contributed by atoms with Crippen LogP contribution in [0.25, 0.3) is 0 Å². The van der Waals surface area contributed by atoms with Gasteiger partial charge in [-0.05, 0) is 17.7 Å². The Morgan fingerprint density at radius 3 is 2.32 bits per heavy atom. The molecule has 1 aromatic rings. The van der Waals surface area contributed by atoms with E-state index in [1.54, 1.807) is 0 Å². The molecule has 1 fully saturated rings. The molecule has 1 aromatic carbocycles. The molecule has 1 aliphatic rings. The first-order chi connectivity index (χ1) is 19.1. The molecule has 0 bridgehead atoms. The van der Waals surface area contributed by atoms with E-state index < -0.39 is 96.5 Å². The molecule has 1 aliphatic heterocycles. The van der Waals surface area contributed by atoms with Gasteiger partial charge in [0.1, 0.15) is 37.1 Å². The number of rotatable bonds is 15. The largest absolute Gasteiger partial charge is 0.473 e. The molecule has 6 N–H and O–H groups in total. The maximum atomic E-state index is 12.9. The number of phosphoric acid groups is 1. The van der Waals surface area contributed by atoms with Crippen molar-refractivity contribution in [2.45, 2.75) is 54.2 Å². The fourth-order valence-electron chi connectivity index (χ4n) is 3.48. The van der Waals surface area contributed by atoms with Crippen molar-refractivity contribution >= 4 is 60.2 Å². The molecule has 1 amide bonds. The SMILES string of the molecule is O=C1CCC(=O)C([C@@H](NC(=O)C(Cl)Cl)[C@H](OP(=O)(O)OCC(=O)[C@@H](O)[C@H](O)[C@@H](O)CO)c2ccc([N+](=O)[O-])cc2)O1. The van der Waals surface area contributed by atoms with Crippen molar-refractivity contribution in [3.63, 3.8) is 0 Å². The predicted octanol–water partition coefficient (Wildman–Crippen LogP) is -1.02. The van der Waals surface area contributed by atoms with E-state index in [2.05, 4.69) is 9.84 Å². The Kier molecular flexibility index (Phi) is 12.7. The number of phosphoric ester groups is 1. The third-order valence-corrected chi connectivity index (χ3v) is 6.94. The van der Waals surface area contributed by atoms with Crippen LogP contribution in [-0.4, -0.2) is 102 Å². The maximum absolute atomic E-state index is 12.9. The van der Waals surface area contributed by atoms with Crippen molar-refractivity contribution in [3.05, 3.63) is 39.9 Å². The van der Waals surface area contributed by atoms with Crippen LogP contribution in [0.1, 0.15) is 24.5 Å². The molecule has 2 rings (SSSR count). The van der Waals surface area contributed by atoms with Crippen molar-refractivity contribution in [2.24, 2.45) is 0 Å². The molecule has 1 heterocycles. The third-order valence-electron chi connectivity index (χ3n) is 5.59. The summed E-state index contributed by atoms with van der Waals surface area (Å²) in [4.78, 5) is 68.1. The molecule has 41 heavy (non-hydrogen) atoms. The summed E-state index contributed by atoms with van der Waals surface area (Å²) >= 11 is 11.2. The number of ether oxygens (including phenoxy) is 1. The van der Waals surface area contributed by atoms with E-state index >= 15 is 0 Å². The number of Topliss-reactive ketones (excluding diaryl/α,β-unsaturated/α-hetero) is 2. The van der Waals surface area contributed by atoms with Crippen LogP contribution in [0.2, 0.25) is 0 Å². The lowest BCUT2D eigenvalue weighted by Gasteiger charge is -2.35. The van der Waals surface area contributed by atoms with Crippen molar-refractivity contribution in [2.75, 3.05) is 13.2 Å². The number of nitrogens with zero attached hydrogens (tertiary/aromatic N) is 1. The van der Waals surface area contributed by atoms with Crippen LogP contribution in [0, 0.1) is 10.1 Å². The van der Waals surface area contributed by atoms with Gasteiger partial charge in [-0.25, -0.2) is 4.57 Å². The first kappa shape index (κ1) is 34.6. The minimum atomic E-state index is -5.44. The highest BCUT2D eigenvalue weighted by molar-refractivity contribution is 7.47. The number of carbonyl (C=O) groups is 4. The van der Waals surface area contributed by atoms with Gasteiger partial charge in [0, 0.05) is 18.6 Å². The number of nitrogens with one attached hydrogen (secondary N) is 1. The number of aliphatic hydroxyl groups excluding tert-OH is 4. The molecule has 0 saturated carbocycles. The van der Waals surface area contributed by atoms with E-state index in [0.29, 0.717) is 0 Å². The molecule has 7 atom stereocenters. The van der Waals surface area contributed by atoms with Crippen LogP contribution >= 0.6 is 31.0 Å². The fraction of sp³-hybridized carbons (Fsp3) is 0.524. The number of nitro groups is 1. The topological polar surface area (TPSA) is 269 Å². The van der Waals surface area contributed by atoms with Crippen molar-refractivity contribution in [3.8, 4) is 0 Å². The van der Waals surface area contributed by atoms with Gasteiger partial charge in [-0.3, -0.25) is 38.3 Å². The summed E-state index contributed by atoms with van der Waals surface area (Å²) in [6.45, 7) is -2.43. The summed E-state index contributed by atoms with van der Waals surface area (Å²) in [6, 6.07) is 2.12. The summed E-state index contributed by atoms with van der Waals surface area (Å²) in [7, 11) is -5.44. The highest BCUT2D eigenvalue weighted by Gasteiger charge is 2.45. The minimum absolute atomic E-state index is 0.193. The van der Waals surface area contributed by atoms with E-state index in [9.17, 15) is 54.1 Å². The number of carbonyl (C=O) groups excluding carboxylic acids is 4. The van der Waals surface area contributed by atoms with Gasteiger partial charge in [0.2, 0.25) is 0 Å². The van der Waals surface area contributed by atoms with E-state index in [0.717, 1.165) is 24.3 Å². The Morgan fingerprint density at radius 1 is 1.17 bits per heavy atom.